The molecule has 0 aliphatic carbocycles. The van der Waals surface area contributed by atoms with Crippen LogP contribution in [0.2, 0.25) is 5.02 Å². The van der Waals surface area contributed by atoms with Gasteiger partial charge in [0.05, 0.1) is 5.54 Å². The molecule has 0 bridgehead atoms. The molecule has 1 saturated heterocycles. The minimum Gasteiger partial charge on any atom is -0.343 e. The molecule has 2 aliphatic rings. The second-order valence-electron chi connectivity index (χ2n) is 9.92. The Kier molecular flexibility index (Phi) is 7.26. The first-order valence-corrected chi connectivity index (χ1v) is 13.4. The van der Waals surface area contributed by atoms with E-state index in [1.807, 2.05) is 24.5 Å². The van der Waals surface area contributed by atoms with E-state index in [-0.39, 0.29) is 5.91 Å². The molecule has 1 amide bonds. The van der Waals surface area contributed by atoms with Crippen LogP contribution in [0, 0.1) is 5.92 Å². The zero-order valence-corrected chi connectivity index (χ0v) is 21.3. The summed E-state index contributed by atoms with van der Waals surface area (Å²) in [7, 11) is 0. The Morgan fingerprint density at radius 2 is 1.91 bits per heavy atom. The Bertz CT molecular complexity index is 1150. The molecule has 3 aromatic rings. The van der Waals surface area contributed by atoms with Crippen molar-refractivity contribution in [3.63, 3.8) is 0 Å². The van der Waals surface area contributed by atoms with Gasteiger partial charge in [0.2, 0.25) is 5.91 Å². The third-order valence-corrected chi connectivity index (χ3v) is 8.05. The molecule has 0 saturated carbocycles. The van der Waals surface area contributed by atoms with Gasteiger partial charge >= 0.3 is 0 Å². The van der Waals surface area contributed by atoms with Crippen LogP contribution in [0.1, 0.15) is 56.6 Å². The van der Waals surface area contributed by atoms with Crippen molar-refractivity contribution in [2.75, 3.05) is 26.2 Å². The van der Waals surface area contributed by atoms with Gasteiger partial charge in [-0.25, -0.2) is 4.98 Å². The first-order chi connectivity index (χ1) is 17.1. The molecule has 1 aromatic heterocycles. The second-order valence-corrected chi connectivity index (χ2v) is 10.4. The highest BCUT2D eigenvalue weighted by molar-refractivity contribution is 6.30. The number of piperidine rings is 1. The number of nitrogens with zero attached hydrogens (tertiary/aromatic N) is 3. The molecule has 1 atom stereocenters. The molecule has 2 aliphatic heterocycles. The number of amides is 1. The van der Waals surface area contributed by atoms with Crippen molar-refractivity contribution in [3.05, 3.63) is 77.1 Å². The van der Waals surface area contributed by atoms with Gasteiger partial charge in [0, 0.05) is 42.5 Å². The number of benzene rings is 2. The predicted molar refractivity (Wildman–Crippen MR) is 142 cm³/mol. The number of hydrogen-bond acceptors (Lipinski definition) is 3. The third kappa shape index (κ3) is 4.64. The highest BCUT2D eigenvalue weighted by atomic mass is 35.5. The first kappa shape index (κ1) is 24.1. The summed E-state index contributed by atoms with van der Waals surface area (Å²) < 4.78 is 2.25. The lowest BCUT2D eigenvalue weighted by atomic mass is 9.79. The molecule has 2 aromatic carbocycles. The van der Waals surface area contributed by atoms with Gasteiger partial charge in [-0.15, -0.1) is 0 Å². The number of imidazole rings is 1. The number of fused-ring (bicyclic) bond motifs is 3. The van der Waals surface area contributed by atoms with E-state index in [2.05, 4.69) is 63.1 Å². The molecule has 5 rings (SSSR count). The molecular weight excluding hydrogens is 456 g/mol. The molecule has 1 N–H and O–H groups in total. The monoisotopic (exact) mass is 490 g/mol. The van der Waals surface area contributed by atoms with Gasteiger partial charge in [-0.05, 0) is 68.0 Å². The zero-order valence-electron chi connectivity index (χ0n) is 20.5. The Morgan fingerprint density at radius 3 is 2.69 bits per heavy atom. The molecular formula is C29H35ClN4O. The van der Waals surface area contributed by atoms with E-state index < -0.39 is 5.54 Å². The van der Waals surface area contributed by atoms with Gasteiger partial charge in [-0.1, -0.05) is 61.3 Å². The number of carbonyl (C=O) groups excluding carboxylic acids is 1. The fraction of sp³-hybridized carbons (Fsp3) is 0.448. The van der Waals surface area contributed by atoms with Crippen molar-refractivity contribution in [2.24, 2.45) is 5.92 Å². The van der Waals surface area contributed by atoms with Crippen molar-refractivity contribution < 1.29 is 4.79 Å². The van der Waals surface area contributed by atoms with Crippen LogP contribution in [0.3, 0.4) is 0 Å². The van der Waals surface area contributed by atoms with E-state index in [4.69, 9.17) is 11.6 Å². The smallest absolute Gasteiger partial charge is 0.222 e. The van der Waals surface area contributed by atoms with E-state index in [0.717, 1.165) is 56.0 Å². The standard InChI is InChI=1S/C29H35ClN4O/c1-2-3-16-31-21-22-13-18-33(19-14-22)27(35)12-15-29(23-8-10-24(30)11-9-23)26-7-5-4-6-25(26)28-32-17-20-34(28)29/h4-11,17,20,22,31H,2-3,12-16,18-19,21H2,1H3. The van der Waals surface area contributed by atoms with Crippen molar-refractivity contribution in [1.29, 1.82) is 0 Å². The summed E-state index contributed by atoms with van der Waals surface area (Å²) in [5.41, 5.74) is 3.01. The number of nitrogens with one attached hydrogen (secondary N) is 1. The molecule has 6 heteroatoms. The first-order valence-electron chi connectivity index (χ1n) is 13.0. The molecule has 5 nitrogen and oxygen atoms in total. The number of rotatable bonds is 9. The second kappa shape index (κ2) is 10.5. The van der Waals surface area contributed by atoms with Crippen LogP contribution < -0.4 is 5.32 Å². The lowest BCUT2D eigenvalue weighted by Crippen LogP contribution is -2.42. The summed E-state index contributed by atoms with van der Waals surface area (Å²) in [4.78, 5) is 20.2. The normalized spacial score (nSPS) is 19.5. The highest BCUT2D eigenvalue weighted by Crippen LogP contribution is 2.49. The molecule has 0 spiro atoms. The van der Waals surface area contributed by atoms with Gasteiger partial charge in [-0.3, -0.25) is 4.79 Å². The maximum Gasteiger partial charge on any atom is 0.222 e. The lowest BCUT2D eigenvalue weighted by Gasteiger charge is -2.36. The quantitative estimate of drug-likeness (QED) is 0.390. The van der Waals surface area contributed by atoms with Crippen molar-refractivity contribution in [1.82, 2.24) is 19.8 Å². The molecule has 1 fully saturated rings. The summed E-state index contributed by atoms with van der Waals surface area (Å²) >= 11 is 6.25. The van der Waals surface area contributed by atoms with E-state index in [1.165, 1.54) is 18.4 Å². The molecule has 1 unspecified atom stereocenters. The predicted octanol–water partition coefficient (Wildman–Crippen LogP) is 5.72. The Morgan fingerprint density at radius 1 is 1.14 bits per heavy atom. The topological polar surface area (TPSA) is 50.2 Å². The van der Waals surface area contributed by atoms with Gasteiger partial charge < -0.3 is 14.8 Å². The Hall–Kier alpha value is -2.63. The highest BCUT2D eigenvalue weighted by Gasteiger charge is 2.45. The van der Waals surface area contributed by atoms with Crippen LogP contribution in [-0.2, 0) is 10.3 Å². The van der Waals surface area contributed by atoms with E-state index in [1.54, 1.807) is 0 Å². The van der Waals surface area contributed by atoms with Crippen molar-refractivity contribution in [2.45, 2.75) is 51.0 Å². The fourth-order valence-corrected chi connectivity index (χ4v) is 5.97. The van der Waals surface area contributed by atoms with E-state index in [9.17, 15) is 4.79 Å². The third-order valence-electron chi connectivity index (χ3n) is 7.80. The van der Waals surface area contributed by atoms with Crippen LogP contribution in [0.5, 0.6) is 0 Å². The number of unbranched alkanes of at least 4 members (excludes halogenated alkanes) is 1. The van der Waals surface area contributed by atoms with Gasteiger partial charge in [0.25, 0.3) is 0 Å². The van der Waals surface area contributed by atoms with Gasteiger partial charge in [-0.2, -0.15) is 0 Å². The number of hydrogen-bond donors (Lipinski definition) is 1. The van der Waals surface area contributed by atoms with Gasteiger partial charge in [0.1, 0.15) is 5.82 Å². The molecule has 3 heterocycles. The maximum atomic E-state index is 13.4. The average molecular weight is 491 g/mol. The summed E-state index contributed by atoms with van der Waals surface area (Å²) in [5, 5.41) is 4.30. The fourth-order valence-electron chi connectivity index (χ4n) is 5.84. The SMILES string of the molecule is CCCCNCC1CCN(C(=O)CCC2(c3ccc(Cl)cc3)c3ccccc3-c3nccn32)CC1. The zero-order chi connectivity index (χ0) is 24.3. The van der Waals surface area contributed by atoms with Crippen LogP contribution in [0.15, 0.2) is 60.9 Å². The maximum absolute atomic E-state index is 13.4. The van der Waals surface area contributed by atoms with Gasteiger partial charge in [0.15, 0.2) is 0 Å². The Labute approximate surface area is 213 Å². The van der Waals surface area contributed by atoms with Crippen LogP contribution >= 0.6 is 11.6 Å². The lowest BCUT2D eigenvalue weighted by molar-refractivity contribution is -0.133. The summed E-state index contributed by atoms with van der Waals surface area (Å²) in [6, 6.07) is 16.5. The number of carbonyl (C=O) groups is 1. The van der Waals surface area contributed by atoms with Crippen LogP contribution in [-0.4, -0.2) is 46.5 Å². The van der Waals surface area contributed by atoms with Crippen molar-refractivity contribution in [3.8, 4) is 11.4 Å². The number of aromatic nitrogens is 2. The van der Waals surface area contributed by atoms with Crippen LogP contribution in [0.4, 0.5) is 0 Å². The minimum atomic E-state index is -0.468. The molecule has 0 radical (unpaired) electrons. The van der Waals surface area contributed by atoms with Crippen molar-refractivity contribution >= 4 is 17.5 Å². The average Bonchev–Trinajstić information content (AvgIpc) is 3.47. The number of halogens is 1. The summed E-state index contributed by atoms with van der Waals surface area (Å²) in [5.74, 6) is 1.88. The summed E-state index contributed by atoms with van der Waals surface area (Å²) in [6.07, 6.45) is 9.71. The van der Waals surface area contributed by atoms with E-state index >= 15 is 0 Å². The molecule has 184 valence electrons. The summed E-state index contributed by atoms with van der Waals surface area (Å²) in [6.45, 7) is 6.11. The van der Waals surface area contributed by atoms with E-state index in [0.29, 0.717) is 23.8 Å². The van der Waals surface area contributed by atoms with Crippen LogP contribution in [0.25, 0.3) is 11.4 Å². The Balaban J connectivity index is 1.33. The minimum absolute atomic E-state index is 0.252. The number of likely N-dealkylation sites (tertiary alicyclic amines) is 1. The molecule has 35 heavy (non-hydrogen) atoms. The largest absolute Gasteiger partial charge is 0.343 e.